The second kappa shape index (κ2) is 8.36. The second-order valence-corrected chi connectivity index (χ2v) is 9.54. The Kier molecular flexibility index (Phi) is 5.57. The molecule has 0 unspecified atom stereocenters. The molecule has 8 heteroatoms. The Labute approximate surface area is 204 Å². The van der Waals surface area contributed by atoms with Gasteiger partial charge in [-0.05, 0) is 43.9 Å². The number of hydrogen-bond donors (Lipinski definition) is 0. The van der Waals surface area contributed by atoms with E-state index in [2.05, 4.69) is 13.8 Å². The van der Waals surface area contributed by atoms with Gasteiger partial charge in [-0.25, -0.2) is 4.79 Å². The number of benzene rings is 1. The predicted octanol–water partition coefficient (Wildman–Crippen LogP) is 4.29. The first-order valence-electron chi connectivity index (χ1n) is 11.8. The molecule has 0 saturated heterocycles. The van der Waals surface area contributed by atoms with Crippen molar-refractivity contribution in [2.75, 3.05) is 27.6 Å². The molecule has 0 fully saturated rings. The Balaban J connectivity index is 1.80. The lowest BCUT2D eigenvalue weighted by atomic mass is 9.62. The van der Waals surface area contributed by atoms with Crippen LogP contribution in [0.4, 0.5) is 0 Å². The van der Waals surface area contributed by atoms with Gasteiger partial charge in [0.15, 0.2) is 17.3 Å². The fraction of sp³-hybridized carbons (Fsp3) is 0.481. The summed E-state index contributed by atoms with van der Waals surface area (Å²) < 4.78 is 34.9. The Bertz CT molecular complexity index is 1210. The number of fused-ring (bicyclic) bond motifs is 2. The van der Waals surface area contributed by atoms with E-state index in [0.717, 1.165) is 5.57 Å². The van der Waals surface area contributed by atoms with E-state index < -0.39 is 17.5 Å². The first kappa shape index (κ1) is 23.3. The van der Waals surface area contributed by atoms with Crippen LogP contribution in [0.1, 0.15) is 51.3 Å². The van der Waals surface area contributed by atoms with Gasteiger partial charge in [-0.2, -0.15) is 0 Å². The molecule has 0 radical (unpaired) electrons. The van der Waals surface area contributed by atoms with E-state index in [-0.39, 0.29) is 36.8 Å². The van der Waals surface area contributed by atoms with Gasteiger partial charge < -0.3 is 28.4 Å². The molecule has 2 heterocycles. The van der Waals surface area contributed by atoms with Crippen LogP contribution in [0.15, 0.2) is 40.9 Å². The molecule has 8 nitrogen and oxygen atoms in total. The van der Waals surface area contributed by atoms with Gasteiger partial charge in [0.25, 0.3) is 0 Å². The molecule has 2 aliphatic carbocycles. The molecule has 5 rings (SSSR count). The largest absolute Gasteiger partial charge is 0.493 e. The molecular formula is C27H30O8. The number of allylic oxidation sites excluding steroid dienone is 3. The molecule has 1 spiro atoms. The Morgan fingerprint density at radius 2 is 1.91 bits per heavy atom. The van der Waals surface area contributed by atoms with Crippen LogP contribution in [0, 0.1) is 11.8 Å². The summed E-state index contributed by atoms with van der Waals surface area (Å²) in [7, 11) is 2.98. The maximum absolute atomic E-state index is 14.2. The number of ketones is 1. The number of rotatable bonds is 4. The van der Waals surface area contributed by atoms with Gasteiger partial charge in [-0.3, -0.25) is 4.79 Å². The average Bonchev–Trinajstić information content (AvgIpc) is 3.48. The molecule has 186 valence electrons. The Morgan fingerprint density at radius 1 is 1.14 bits per heavy atom. The lowest BCUT2D eigenvalue weighted by Gasteiger charge is -2.41. The number of hydrogen-bond acceptors (Lipinski definition) is 8. The molecule has 35 heavy (non-hydrogen) atoms. The summed E-state index contributed by atoms with van der Waals surface area (Å²) in [5, 5.41) is 0. The van der Waals surface area contributed by atoms with E-state index >= 15 is 0 Å². The number of carbonyl (C=O) groups excluding carboxylic acids is 2. The normalized spacial score (nSPS) is 28.9. The minimum absolute atomic E-state index is 0.0450. The van der Waals surface area contributed by atoms with Crippen LogP contribution in [0.5, 0.6) is 17.2 Å². The standard InChI is InChI=1S/C27H30O8/c1-7-13(2)26(29)35-21-15(4)14(3)8-16-9-18(30-5)23(31-6)25(28)27(16)11-32-24-20(27)17(21)10-19-22(24)34-12-33-19/h7,9-10,14-15,21H,8,11-12H2,1-6H3/b13-7+/t14-,15-,21+,27+/m1/s1. The highest BCUT2D eigenvalue weighted by Gasteiger charge is 2.59. The zero-order valence-electron chi connectivity index (χ0n) is 20.9. The number of Topliss-reactive ketones (excluding diaryl/α,β-unsaturated/α-hetero) is 1. The van der Waals surface area contributed by atoms with Crippen molar-refractivity contribution in [3.8, 4) is 17.2 Å². The van der Waals surface area contributed by atoms with E-state index in [1.807, 2.05) is 12.1 Å². The summed E-state index contributed by atoms with van der Waals surface area (Å²) in [5.74, 6) is 1.30. The monoisotopic (exact) mass is 482 g/mol. The lowest BCUT2D eigenvalue weighted by Crippen LogP contribution is -2.46. The molecule has 0 N–H and O–H groups in total. The maximum Gasteiger partial charge on any atom is 0.333 e. The van der Waals surface area contributed by atoms with E-state index in [4.69, 9.17) is 28.4 Å². The summed E-state index contributed by atoms with van der Waals surface area (Å²) in [6.07, 6.45) is 3.58. The Morgan fingerprint density at radius 3 is 2.60 bits per heavy atom. The van der Waals surface area contributed by atoms with Crippen LogP contribution < -0.4 is 14.2 Å². The summed E-state index contributed by atoms with van der Waals surface area (Å²) in [5.41, 5.74) is 1.59. The Hall–Kier alpha value is -3.42. The summed E-state index contributed by atoms with van der Waals surface area (Å²) in [6.45, 7) is 7.81. The van der Waals surface area contributed by atoms with Crippen LogP contribution in [0.2, 0.25) is 0 Å². The minimum atomic E-state index is -1.15. The van der Waals surface area contributed by atoms with Crippen LogP contribution in [0.25, 0.3) is 0 Å². The van der Waals surface area contributed by atoms with Crippen LogP contribution in [-0.2, 0) is 29.2 Å². The molecule has 0 amide bonds. The van der Waals surface area contributed by atoms with Crippen molar-refractivity contribution in [1.29, 1.82) is 0 Å². The zero-order chi connectivity index (χ0) is 25.1. The quantitative estimate of drug-likeness (QED) is 0.464. The van der Waals surface area contributed by atoms with Crippen molar-refractivity contribution in [3.05, 3.63) is 52.0 Å². The number of ether oxygens (including phenoxy) is 6. The summed E-state index contributed by atoms with van der Waals surface area (Å²) in [4.78, 5) is 27.1. The van der Waals surface area contributed by atoms with E-state index in [0.29, 0.717) is 46.1 Å². The summed E-state index contributed by atoms with van der Waals surface area (Å²) in [6, 6.07) is 1.84. The van der Waals surface area contributed by atoms with Crippen molar-refractivity contribution < 1.29 is 38.0 Å². The van der Waals surface area contributed by atoms with Gasteiger partial charge in [0.2, 0.25) is 24.1 Å². The van der Waals surface area contributed by atoms with E-state index in [1.54, 1.807) is 19.9 Å². The molecular weight excluding hydrogens is 452 g/mol. The highest BCUT2D eigenvalue weighted by molar-refractivity contribution is 6.08. The molecule has 1 aromatic carbocycles. The van der Waals surface area contributed by atoms with Gasteiger partial charge in [0.1, 0.15) is 18.1 Å². The number of carbonyl (C=O) groups is 2. The molecule has 0 saturated carbocycles. The highest BCUT2D eigenvalue weighted by atomic mass is 16.7. The molecule has 4 atom stereocenters. The molecule has 0 bridgehead atoms. The van der Waals surface area contributed by atoms with Crippen molar-refractivity contribution >= 4 is 11.8 Å². The van der Waals surface area contributed by atoms with Gasteiger partial charge in [-0.1, -0.05) is 19.9 Å². The highest BCUT2D eigenvalue weighted by Crippen LogP contribution is 2.61. The SMILES string of the molecule is C/C=C(\C)C(=O)O[C@@H]1c2cc3c(c4c2[C@@]2(CO4)C(=O)C(OC)=C(OC)C=C2C[C@@H](C)[C@H]1C)OCO3. The number of methoxy groups -OCH3 is 2. The summed E-state index contributed by atoms with van der Waals surface area (Å²) >= 11 is 0. The van der Waals surface area contributed by atoms with E-state index in [9.17, 15) is 9.59 Å². The second-order valence-electron chi connectivity index (χ2n) is 9.54. The zero-order valence-corrected chi connectivity index (χ0v) is 20.9. The molecule has 1 aromatic rings. The third-order valence-electron chi connectivity index (χ3n) is 7.82. The fourth-order valence-electron chi connectivity index (χ4n) is 5.51. The lowest BCUT2D eigenvalue weighted by molar-refractivity contribution is -0.148. The van der Waals surface area contributed by atoms with Gasteiger partial charge in [0.05, 0.1) is 14.2 Å². The first-order valence-corrected chi connectivity index (χ1v) is 11.8. The minimum Gasteiger partial charge on any atom is -0.493 e. The smallest absolute Gasteiger partial charge is 0.333 e. The molecule has 2 aliphatic heterocycles. The fourth-order valence-corrected chi connectivity index (χ4v) is 5.51. The third kappa shape index (κ3) is 3.18. The van der Waals surface area contributed by atoms with Crippen molar-refractivity contribution in [2.24, 2.45) is 11.8 Å². The van der Waals surface area contributed by atoms with Crippen molar-refractivity contribution in [3.63, 3.8) is 0 Å². The first-order chi connectivity index (χ1) is 16.8. The van der Waals surface area contributed by atoms with Gasteiger partial charge in [0, 0.05) is 22.6 Å². The average molecular weight is 483 g/mol. The molecule has 0 aromatic heterocycles. The van der Waals surface area contributed by atoms with Crippen molar-refractivity contribution in [2.45, 2.75) is 45.6 Å². The van der Waals surface area contributed by atoms with E-state index in [1.165, 1.54) is 14.2 Å². The van der Waals surface area contributed by atoms with Crippen LogP contribution in [0.3, 0.4) is 0 Å². The molecule has 4 aliphatic rings. The van der Waals surface area contributed by atoms with Crippen LogP contribution >= 0.6 is 0 Å². The maximum atomic E-state index is 14.2. The number of esters is 1. The topological polar surface area (TPSA) is 89.5 Å². The van der Waals surface area contributed by atoms with Crippen LogP contribution in [-0.4, -0.2) is 39.4 Å². The third-order valence-corrected chi connectivity index (χ3v) is 7.82. The van der Waals surface area contributed by atoms with Gasteiger partial charge >= 0.3 is 5.97 Å². The van der Waals surface area contributed by atoms with Crippen molar-refractivity contribution in [1.82, 2.24) is 0 Å². The van der Waals surface area contributed by atoms with Gasteiger partial charge in [-0.15, -0.1) is 0 Å². The predicted molar refractivity (Wildman–Crippen MR) is 125 cm³/mol.